The Hall–Kier alpha value is -4.13. The number of phosphoric ester groups is 2. The Balaban J connectivity index is 1.84. The Kier molecular flexibility index (Phi) is 33.3. The lowest BCUT2D eigenvalue weighted by Crippen LogP contribution is -2.36. The van der Waals surface area contributed by atoms with Crippen LogP contribution >= 0.6 is 15.6 Å². The van der Waals surface area contributed by atoms with E-state index in [0.717, 1.165) is 113 Å². The minimum absolute atomic E-state index is 0.0105. The van der Waals surface area contributed by atoms with Gasteiger partial charge in [-0.2, -0.15) is 9.29 Å². The molecule has 2 unspecified atom stereocenters. The first-order valence-electron chi connectivity index (χ1n) is 24.9. The molecule has 2 rings (SSSR count). The molecule has 0 aliphatic carbocycles. The van der Waals surface area contributed by atoms with Crippen LogP contribution in [0.1, 0.15) is 155 Å². The Bertz CT molecular complexity index is 2040. The van der Waals surface area contributed by atoms with Gasteiger partial charge in [0.1, 0.15) is 30.7 Å². The summed E-state index contributed by atoms with van der Waals surface area (Å²) in [7, 11) is -10.9. The number of unbranched alkanes of at least 4 members (excludes halogenated alkanes) is 11. The molecule has 0 saturated carbocycles. The van der Waals surface area contributed by atoms with Crippen LogP contribution in [0.15, 0.2) is 90.0 Å². The molecule has 1 saturated heterocycles. The fourth-order valence-corrected chi connectivity index (χ4v) is 8.98. The van der Waals surface area contributed by atoms with Gasteiger partial charge < -0.3 is 39.9 Å². The second-order valence-electron chi connectivity index (χ2n) is 17.0. The summed E-state index contributed by atoms with van der Waals surface area (Å²) in [6, 6.07) is 1.24. The highest BCUT2D eigenvalue weighted by molar-refractivity contribution is 7.61. The van der Waals surface area contributed by atoms with Gasteiger partial charge in [-0.05, 0) is 82.8 Å². The number of aromatic nitrogens is 2. The number of carbonyl (C=O) groups is 3. The van der Waals surface area contributed by atoms with Crippen LogP contribution in [0.4, 0.5) is 5.82 Å². The third-order valence-corrected chi connectivity index (χ3v) is 13.4. The maximum Gasteiger partial charge on any atom is 0.481 e. The van der Waals surface area contributed by atoms with Crippen LogP contribution in [0.25, 0.3) is 0 Å². The van der Waals surface area contributed by atoms with Gasteiger partial charge in [-0.25, -0.2) is 13.9 Å². The van der Waals surface area contributed by atoms with Crippen molar-refractivity contribution in [3.8, 4) is 0 Å². The fraction of sp³-hybridized carbons (Fsp3) is 0.620. The van der Waals surface area contributed by atoms with Crippen molar-refractivity contribution in [2.45, 2.75) is 179 Å². The molecular formula is C50H79N3O16P2. The lowest BCUT2D eigenvalue weighted by Gasteiger charge is -2.21. The molecule has 0 amide bonds. The van der Waals surface area contributed by atoms with Crippen LogP contribution in [0.2, 0.25) is 0 Å². The average Bonchev–Trinajstić information content (AvgIpc) is 3.60. The first-order valence-corrected chi connectivity index (χ1v) is 27.9. The number of nitrogens with two attached hydrogens (primary N) is 1. The first-order chi connectivity index (χ1) is 34.1. The number of rotatable bonds is 40. The summed E-state index contributed by atoms with van der Waals surface area (Å²) in [5.41, 5.74) is 4.57. The molecule has 0 spiro atoms. The van der Waals surface area contributed by atoms with Gasteiger partial charge in [0.15, 0.2) is 18.1 Å². The van der Waals surface area contributed by atoms with Crippen molar-refractivity contribution in [2.24, 2.45) is 0 Å². The lowest BCUT2D eigenvalue weighted by atomic mass is 10.1. The number of esters is 2. The topological polar surface area (TPSA) is 283 Å². The zero-order valence-electron chi connectivity index (χ0n) is 41.5. The molecule has 400 valence electrons. The van der Waals surface area contributed by atoms with E-state index in [4.69, 9.17) is 29.0 Å². The summed E-state index contributed by atoms with van der Waals surface area (Å²) in [6.45, 7) is 1.81. The van der Waals surface area contributed by atoms with Gasteiger partial charge in [0.2, 0.25) is 0 Å². The molecule has 2 heterocycles. The largest absolute Gasteiger partial charge is 0.481 e. The van der Waals surface area contributed by atoms with E-state index in [1.807, 2.05) is 12.2 Å². The summed E-state index contributed by atoms with van der Waals surface area (Å²) in [5.74, 6) is -1.28. The standard InChI is InChI=1S/C50H79N3O16P2/c1-3-5-7-8-9-10-11-12-13-14-15-16-17-20-23-26-30-34-45(55)64-38-42(67-46(56)35-31-27-24-21-18-19-22-25-29-33-41(54)32-28-6-4-2)39-65-70(60,61)69-71(62,63)66-40-43-47(57)48(58)49(68-43)53-37-36-44(51)52-50(53)59/h5,7,9-10,12-13,15-16,22,25,29,33,36-37,42-43,47-49,57-58H,3-4,6,8,11,14,17-21,23-24,26-28,30-32,34-35,38-40H2,1-2H3,(H,60,61)(H,62,63)(H2,51,52,59)/b7-5-,10-9-,13-12-,16-15-,25-22-,33-29+/t42-,43-,47-,48-,49-/m1/s1. The minimum atomic E-state index is -5.45. The van der Waals surface area contributed by atoms with E-state index < -0.39 is 83.7 Å². The molecule has 1 fully saturated rings. The lowest BCUT2D eigenvalue weighted by molar-refractivity contribution is -0.161. The number of ether oxygens (including phenoxy) is 3. The summed E-state index contributed by atoms with van der Waals surface area (Å²) in [6.07, 6.45) is 33.9. The molecule has 6 N–H and O–H groups in total. The molecule has 0 radical (unpaired) electrons. The van der Waals surface area contributed by atoms with Gasteiger partial charge in [-0.3, -0.25) is 28.0 Å². The normalized spacial score (nSPS) is 19.7. The van der Waals surface area contributed by atoms with Crippen LogP contribution in [0, 0.1) is 0 Å². The molecule has 19 nitrogen and oxygen atoms in total. The summed E-state index contributed by atoms with van der Waals surface area (Å²) >= 11 is 0. The first kappa shape index (κ1) is 63.0. The van der Waals surface area contributed by atoms with E-state index in [1.165, 1.54) is 6.07 Å². The molecule has 7 atom stereocenters. The molecule has 0 bridgehead atoms. The number of hydrogen-bond donors (Lipinski definition) is 5. The van der Waals surface area contributed by atoms with Gasteiger partial charge in [0.25, 0.3) is 0 Å². The van der Waals surface area contributed by atoms with E-state index in [-0.39, 0.29) is 24.4 Å². The summed E-state index contributed by atoms with van der Waals surface area (Å²) in [5, 5.41) is 20.9. The maximum absolute atomic E-state index is 12.8. The third-order valence-electron chi connectivity index (χ3n) is 10.8. The number of nitrogen functional groups attached to an aromatic ring is 1. The van der Waals surface area contributed by atoms with Gasteiger partial charge in [-0.15, -0.1) is 0 Å². The van der Waals surface area contributed by atoms with Crippen molar-refractivity contribution in [3.63, 3.8) is 0 Å². The third kappa shape index (κ3) is 30.5. The van der Waals surface area contributed by atoms with Crippen molar-refractivity contribution >= 4 is 39.2 Å². The predicted octanol–water partition coefficient (Wildman–Crippen LogP) is 9.29. The number of ketones is 1. The molecule has 71 heavy (non-hydrogen) atoms. The quantitative estimate of drug-likeness (QED) is 0.0102. The van der Waals surface area contributed by atoms with Crippen LogP contribution < -0.4 is 11.4 Å². The van der Waals surface area contributed by atoms with Crippen LogP contribution in [-0.4, -0.2) is 91.5 Å². The Morgan fingerprint density at radius 2 is 1.31 bits per heavy atom. The second-order valence-corrected chi connectivity index (χ2v) is 20.0. The highest BCUT2D eigenvalue weighted by Gasteiger charge is 2.46. The zero-order valence-corrected chi connectivity index (χ0v) is 43.3. The van der Waals surface area contributed by atoms with E-state index in [0.29, 0.717) is 19.3 Å². The van der Waals surface area contributed by atoms with E-state index in [2.05, 4.69) is 71.8 Å². The molecule has 1 aromatic rings. The maximum atomic E-state index is 12.8. The summed E-state index contributed by atoms with van der Waals surface area (Å²) in [4.78, 5) is 73.7. The van der Waals surface area contributed by atoms with Crippen molar-refractivity contribution in [1.82, 2.24) is 9.55 Å². The van der Waals surface area contributed by atoms with Gasteiger partial charge in [-0.1, -0.05) is 126 Å². The number of allylic oxidation sites excluding steroid dienone is 12. The monoisotopic (exact) mass is 1040 g/mol. The fourth-order valence-electron chi connectivity index (χ4n) is 6.87. The van der Waals surface area contributed by atoms with E-state index >= 15 is 0 Å². The van der Waals surface area contributed by atoms with Gasteiger partial charge in [0.05, 0.1) is 13.2 Å². The predicted molar refractivity (Wildman–Crippen MR) is 270 cm³/mol. The molecular weight excluding hydrogens is 961 g/mol. The molecule has 1 aliphatic rings. The number of nitrogens with zero attached hydrogens (tertiary/aromatic N) is 2. The Morgan fingerprint density at radius 3 is 1.96 bits per heavy atom. The Morgan fingerprint density at radius 1 is 0.732 bits per heavy atom. The SMILES string of the molecule is CC/C=C\C/C=C\C/C=C\C/C=C\CCCCCCC(=O)OC[C@H](COP(=O)(O)OP(=O)(O)OC[C@H]1O[C@@H](n2ccc(N)nc2=O)[C@H](O)[C@@H]1O)OC(=O)CCCCCCC/C=C\C=C\C(=O)CCCCC. The van der Waals surface area contributed by atoms with Gasteiger partial charge >= 0.3 is 33.3 Å². The molecule has 21 heteroatoms. The number of carbonyl (C=O) groups excluding carboxylic acids is 3. The minimum Gasteiger partial charge on any atom is -0.462 e. The molecule has 1 aromatic heterocycles. The number of aliphatic hydroxyl groups is 2. The van der Waals surface area contributed by atoms with Crippen molar-refractivity contribution in [3.05, 3.63) is 95.7 Å². The number of hydrogen-bond acceptors (Lipinski definition) is 16. The van der Waals surface area contributed by atoms with Crippen molar-refractivity contribution in [1.29, 1.82) is 0 Å². The van der Waals surface area contributed by atoms with Crippen LogP contribution in [0.5, 0.6) is 0 Å². The number of anilines is 1. The smallest absolute Gasteiger partial charge is 0.462 e. The van der Waals surface area contributed by atoms with Gasteiger partial charge in [0, 0.05) is 25.5 Å². The average molecular weight is 1040 g/mol. The van der Waals surface area contributed by atoms with E-state index in [9.17, 15) is 48.3 Å². The van der Waals surface area contributed by atoms with Crippen LogP contribution in [-0.2, 0) is 51.1 Å². The number of phosphoric acid groups is 2. The number of aliphatic hydroxyl groups excluding tert-OH is 2. The van der Waals surface area contributed by atoms with Crippen molar-refractivity contribution < 1.29 is 71.1 Å². The molecule has 0 aromatic carbocycles. The highest BCUT2D eigenvalue weighted by Crippen LogP contribution is 2.60. The summed E-state index contributed by atoms with van der Waals surface area (Å²) < 4.78 is 56.7. The Labute approximate surface area is 419 Å². The van der Waals surface area contributed by atoms with E-state index in [1.54, 1.807) is 12.2 Å². The molecule has 1 aliphatic heterocycles. The highest BCUT2D eigenvalue weighted by atomic mass is 31.3. The van der Waals surface area contributed by atoms with Crippen molar-refractivity contribution in [2.75, 3.05) is 25.6 Å². The second kappa shape index (κ2) is 37.6. The zero-order chi connectivity index (χ0) is 52.2. The van der Waals surface area contributed by atoms with Crippen LogP contribution in [0.3, 0.4) is 0 Å².